The van der Waals surface area contributed by atoms with E-state index >= 15 is 0 Å². The maximum Gasteiger partial charge on any atom is 0.247 e. The summed E-state index contributed by atoms with van der Waals surface area (Å²) in [6.45, 7) is 3.93. The Morgan fingerprint density at radius 2 is 0.872 bits per heavy atom. The van der Waals surface area contributed by atoms with E-state index in [-0.39, 0.29) is 109 Å². The molecule has 6 N–H and O–H groups in total. The van der Waals surface area contributed by atoms with E-state index in [1.807, 2.05) is 60.7 Å². The van der Waals surface area contributed by atoms with Crippen LogP contribution in [0.1, 0.15) is 125 Å². The van der Waals surface area contributed by atoms with E-state index in [1.54, 1.807) is 47.5 Å². The summed E-state index contributed by atoms with van der Waals surface area (Å²) in [5.41, 5.74) is 3.79. The van der Waals surface area contributed by atoms with Gasteiger partial charge in [-0.25, -0.2) is 0 Å². The van der Waals surface area contributed by atoms with Gasteiger partial charge < -0.3 is 51.5 Å². The Morgan fingerprint density at radius 1 is 0.487 bits per heavy atom. The molecule has 12 atom stereocenters. The number of rotatable bonds is 16. The highest BCUT2D eigenvalue weighted by atomic mass is 16.2. The number of carbonyl (C=O) groups excluding carboxylic acids is 8. The molecule has 4 saturated heterocycles. The van der Waals surface area contributed by atoms with Crippen LogP contribution < -0.4 is 31.9 Å². The lowest BCUT2D eigenvalue weighted by Gasteiger charge is -2.39. The minimum Gasteiger partial charge on any atom is -0.351 e. The number of benzene rings is 3. The second-order valence-corrected chi connectivity index (χ2v) is 22.7. The number of fused-ring (bicyclic) bond motifs is 2. The Labute approximate surface area is 458 Å². The molecule has 78 heavy (non-hydrogen) atoms. The minimum absolute atomic E-state index is 0.0191. The smallest absolute Gasteiger partial charge is 0.247 e. The third-order valence-corrected chi connectivity index (χ3v) is 17.9. The third kappa shape index (κ3) is 12.8. The molecule has 4 aliphatic heterocycles. The number of hydrogen-bond donors (Lipinski definition) is 6. The van der Waals surface area contributed by atoms with Crippen LogP contribution in [-0.4, -0.2) is 168 Å². The fourth-order valence-corrected chi connectivity index (χ4v) is 13.2. The SMILES string of the molecule is CN[C@@H](C)C(=O)N[C@H]1CN(C(=O)Cc2ccc(CC(=O)N3CC[C@H]4CC[C@@H](C(=O)N[C@@H]5CCC[C@H]5c5ccccc5)N4C(=O)[C@@H](NC(=O)[C@H](C)NC)C3)cc2)CC[C@H]2CC[C@@H](C(=O)N[C@@H]3CCC[C@H]3c3ccccc3)N2C1=O. The first-order valence-corrected chi connectivity index (χ1v) is 28.6. The van der Waals surface area contributed by atoms with E-state index in [1.165, 1.54) is 11.1 Å². The van der Waals surface area contributed by atoms with Gasteiger partial charge in [0.2, 0.25) is 47.3 Å². The molecule has 0 spiro atoms. The summed E-state index contributed by atoms with van der Waals surface area (Å²) in [6.07, 6.45) is 8.83. The van der Waals surface area contributed by atoms with Gasteiger partial charge in [-0.3, -0.25) is 38.4 Å². The molecule has 6 fully saturated rings. The first-order chi connectivity index (χ1) is 37.7. The van der Waals surface area contributed by atoms with Gasteiger partial charge in [0.25, 0.3) is 0 Å². The number of hydrogen-bond acceptors (Lipinski definition) is 10. The zero-order valence-corrected chi connectivity index (χ0v) is 45.8. The van der Waals surface area contributed by atoms with Crippen molar-refractivity contribution in [2.75, 3.05) is 40.3 Å². The van der Waals surface area contributed by atoms with Crippen LogP contribution in [0.2, 0.25) is 0 Å². The van der Waals surface area contributed by atoms with Crippen LogP contribution >= 0.6 is 0 Å². The van der Waals surface area contributed by atoms with Gasteiger partial charge in [-0.2, -0.15) is 0 Å². The second kappa shape index (κ2) is 25.4. The lowest BCUT2D eigenvalue weighted by atomic mass is 9.94. The molecule has 8 amide bonds. The highest BCUT2D eigenvalue weighted by Gasteiger charge is 2.48. The van der Waals surface area contributed by atoms with Crippen LogP contribution in [0.5, 0.6) is 0 Å². The molecule has 0 radical (unpaired) electrons. The lowest BCUT2D eigenvalue weighted by molar-refractivity contribution is -0.147. The molecular formula is C60H80N10O8. The standard InChI is InChI=1S/C60H80N10O8/c1-37(61-3)55(73)65-49-35-67(31-29-43-25-27-51(69(43)59(49)77)57(75)63-47-19-11-17-45(47)41-13-7-5-8-14-41)53(71)33-39-21-23-40(24-22-39)34-54(72)68-32-30-44-26-28-52(70(44)60(78)50(36-68)66-56(74)38(2)62-4)58(76)64-48-20-12-18-46(48)42-15-9-6-10-16-42/h5-10,13-16,21-24,37-38,43-52,61-62H,11-12,17-20,25-36H2,1-4H3,(H,63,75)(H,64,76)(H,65,73)(H,66,74)/t37-,38-,43+,44+,45-,46-,47+,48+,49-,50-,51-,52-/m0/s1. The Bertz CT molecular complexity index is 2460. The minimum atomic E-state index is -1.07. The van der Waals surface area contributed by atoms with E-state index < -0.39 is 36.3 Å². The largest absolute Gasteiger partial charge is 0.351 e. The first-order valence-electron chi connectivity index (χ1n) is 28.6. The molecule has 2 aliphatic carbocycles. The van der Waals surface area contributed by atoms with Crippen molar-refractivity contribution in [3.05, 3.63) is 107 Å². The van der Waals surface area contributed by atoms with Crippen LogP contribution in [-0.2, 0) is 51.2 Å². The Hall–Kier alpha value is -6.66. The van der Waals surface area contributed by atoms with Crippen LogP contribution in [0.15, 0.2) is 84.9 Å². The van der Waals surface area contributed by atoms with Gasteiger partial charge >= 0.3 is 0 Å². The number of nitrogens with zero attached hydrogens (tertiary/aromatic N) is 4. The van der Waals surface area contributed by atoms with E-state index in [2.05, 4.69) is 56.2 Å². The van der Waals surface area contributed by atoms with E-state index in [9.17, 15) is 38.4 Å². The van der Waals surface area contributed by atoms with Crippen molar-refractivity contribution in [3.8, 4) is 0 Å². The molecule has 3 aromatic rings. The van der Waals surface area contributed by atoms with Crippen molar-refractivity contribution in [2.45, 2.75) is 176 Å². The van der Waals surface area contributed by atoms with Crippen LogP contribution in [0.25, 0.3) is 0 Å². The van der Waals surface area contributed by atoms with Crippen molar-refractivity contribution < 1.29 is 38.4 Å². The van der Waals surface area contributed by atoms with Gasteiger partial charge in [0, 0.05) is 62.2 Å². The zero-order chi connectivity index (χ0) is 55.0. The van der Waals surface area contributed by atoms with Crippen molar-refractivity contribution in [1.82, 2.24) is 51.5 Å². The normalized spacial score (nSPS) is 28.1. The third-order valence-electron chi connectivity index (χ3n) is 17.9. The predicted molar refractivity (Wildman–Crippen MR) is 294 cm³/mol. The summed E-state index contributed by atoms with van der Waals surface area (Å²) < 4.78 is 0. The maximum absolute atomic E-state index is 14.7. The Balaban J connectivity index is 0.832. The monoisotopic (exact) mass is 1070 g/mol. The van der Waals surface area contributed by atoms with Gasteiger partial charge in [0.15, 0.2) is 0 Å². The second-order valence-electron chi connectivity index (χ2n) is 22.7. The van der Waals surface area contributed by atoms with Gasteiger partial charge in [0.05, 0.1) is 24.9 Å². The molecule has 2 saturated carbocycles. The molecule has 418 valence electrons. The summed E-state index contributed by atoms with van der Waals surface area (Å²) in [5, 5.41) is 18.3. The quantitative estimate of drug-likeness (QED) is 0.123. The van der Waals surface area contributed by atoms with Gasteiger partial charge in [0.1, 0.15) is 24.2 Å². The van der Waals surface area contributed by atoms with Gasteiger partial charge in [-0.05, 0) is 114 Å². The van der Waals surface area contributed by atoms with Crippen LogP contribution in [0, 0.1) is 0 Å². The lowest BCUT2D eigenvalue weighted by Crippen LogP contribution is -2.62. The Kier molecular flexibility index (Phi) is 18.3. The fraction of sp³-hybridized carbons (Fsp3) is 0.567. The van der Waals surface area contributed by atoms with Crippen molar-refractivity contribution in [3.63, 3.8) is 0 Å². The average molecular weight is 1070 g/mol. The molecule has 3 aromatic carbocycles. The number of carbonyl (C=O) groups is 8. The molecular weight excluding hydrogens is 989 g/mol. The van der Waals surface area contributed by atoms with Crippen LogP contribution in [0.3, 0.4) is 0 Å². The predicted octanol–water partition coefficient (Wildman–Crippen LogP) is 3.05. The summed E-state index contributed by atoms with van der Waals surface area (Å²) >= 11 is 0. The molecule has 0 bridgehead atoms. The van der Waals surface area contributed by atoms with Crippen molar-refractivity contribution in [1.29, 1.82) is 0 Å². The number of nitrogens with one attached hydrogen (secondary N) is 6. The van der Waals surface area contributed by atoms with Gasteiger partial charge in [-0.15, -0.1) is 0 Å². The van der Waals surface area contributed by atoms with Crippen LogP contribution in [0.4, 0.5) is 0 Å². The molecule has 18 nitrogen and oxygen atoms in total. The summed E-state index contributed by atoms with van der Waals surface area (Å²) in [7, 11) is 3.31. The van der Waals surface area contributed by atoms with Gasteiger partial charge in [-0.1, -0.05) is 97.8 Å². The summed E-state index contributed by atoms with van der Waals surface area (Å²) in [5.74, 6) is -1.93. The molecule has 4 heterocycles. The molecule has 0 unspecified atom stereocenters. The van der Waals surface area contributed by atoms with E-state index in [0.717, 1.165) is 38.5 Å². The molecule has 0 aromatic heterocycles. The van der Waals surface area contributed by atoms with Crippen molar-refractivity contribution >= 4 is 47.3 Å². The molecule has 18 heteroatoms. The van der Waals surface area contributed by atoms with Crippen molar-refractivity contribution in [2.24, 2.45) is 0 Å². The maximum atomic E-state index is 14.7. The first kappa shape index (κ1) is 56.1. The van der Waals surface area contributed by atoms with E-state index in [0.29, 0.717) is 62.7 Å². The molecule has 6 aliphatic rings. The number of amides is 8. The fourth-order valence-electron chi connectivity index (χ4n) is 13.2. The average Bonchev–Trinajstić information content (AvgIpc) is 4.42. The Morgan fingerprint density at radius 3 is 1.24 bits per heavy atom. The highest BCUT2D eigenvalue weighted by molar-refractivity contribution is 5.96. The topological polar surface area (TPSA) is 222 Å². The summed E-state index contributed by atoms with van der Waals surface area (Å²) in [4.78, 5) is 119. The summed E-state index contributed by atoms with van der Waals surface area (Å²) in [6, 6.07) is 22.3. The number of likely N-dealkylation sites (N-methyl/N-ethyl adjacent to an activating group) is 2. The molecule has 9 rings (SSSR count). The highest BCUT2D eigenvalue weighted by Crippen LogP contribution is 2.38. The van der Waals surface area contributed by atoms with E-state index in [4.69, 9.17) is 0 Å². The zero-order valence-electron chi connectivity index (χ0n) is 45.8.